The van der Waals surface area contributed by atoms with Crippen molar-refractivity contribution in [1.29, 1.82) is 5.26 Å². The molecule has 0 aromatic heterocycles. The molecule has 0 radical (unpaired) electrons. The topological polar surface area (TPSA) is 99.5 Å². The number of nitrogens with zero attached hydrogens (tertiary/aromatic N) is 2. The summed E-state index contributed by atoms with van der Waals surface area (Å²) in [5.41, 5.74) is 2.78. The molecule has 0 saturated carbocycles. The Hall–Kier alpha value is -3.66. The highest BCUT2D eigenvalue weighted by atomic mass is 16.5. The minimum Gasteiger partial charge on any atom is -0.455 e. The molecule has 2 aromatic carbocycles. The van der Waals surface area contributed by atoms with Crippen LogP contribution in [0.4, 0.5) is 11.4 Å². The highest BCUT2D eigenvalue weighted by molar-refractivity contribution is 6.00. The maximum atomic E-state index is 12.3. The highest BCUT2D eigenvalue weighted by Gasteiger charge is 2.36. The van der Waals surface area contributed by atoms with E-state index in [2.05, 4.69) is 12.2 Å². The number of rotatable bonds is 6. The number of anilines is 2. The van der Waals surface area contributed by atoms with E-state index in [1.807, 2.05) is 30.3 Å². The van der Waals surface area contributed by atoms with Crippen LogP contribution in [-0.4, -0.2) is 30.9 Å². The second kappa shape index (κ2) is 9.02. The summed E-state index contributed by atoms with van der Waals surface area (Å²) in [7, 11) is 0. The summed E-state index contributed by atoms with van der Waals surface area (Å²) in [6.45, 7) is 1.83. The minimum absolute atomic E-state index is 0.0558. The molecular weight excluding hydrogens is 370 g/mol. The fourth-order valence-electron chi connectivity index (χ4n) is 3.14. The number of amides is 2. The summed E-state index contributed by atoms with van der Waals surface area (Å²) in [4.78, 5) is 38.2. The molecule has 2 aromatic rings. The number of nitriles is 1. The molecule has 2 amide bonds. The van der Waals surface area contributed by atoms with Crippen molar-refractivity contribution < 1.29 is 19.1 Å². The Bertz CT molecular complexity index is 963. The van der Waals surface area contributed by atoms with Gasteiger partial charge in [-0.3, -0.25) is 14.4 Å². The molecular formula is C22H21N3O4. The Morgan fingerprint density at radius 2 is 2.00 bits per heavy atom. The van der Waals surface area contributed by atoms with Crippen molar-refractivity contribution in [3.63, 3.8) is 0 Å². The van der Waals surface area contributed by atoms with Crippen molar-refractivity contribution in [2.45, 2.75) is 19.8 Å². The fraction of sp³-hybridized carbons (Fsp3) is 0.273. The zero-order chi connectivity index (χ0) is 20.8. The van der Waals surface area contributed by atoms with Gasteiger partial charge in [-0.2, -0.15) is 5.26 Å². The molecule has 29 heavy (non-hydrogen) atoms. The average Bonchev–Trinajstić information content (AvgIpc) is 3.14. The molecule has 1 heterocycles. The number of hydrogen-bond donors (Lipinski definition) is 1. The number of nitrogens with one attached hydrogen (secondary N) is 1. The van der Waals surface area contributed by atoms with Crippen molar-refractivity contribution in [3.8, 4) is 6.07 Å². The fourth-order valence-corrected chi connectivity index (χ4v) is 3.14. The van der Waals surface area contributed by atoms with E-state index >= 15 is 0 Å². The van der Waals surface area contributed by atoms with E-state index in [1.54, 1.807) is 23.1 Å². The lowest BCUT2D eigenvalue weighted by Crippen LogP contribution is -2.28. The van der Waals surface area contributed by atoms with Crippen LogP contribution < -0.4 is 10.2 Å². The number of ether oxygens (including phenoxy) is 1. The first-order chi connectivity index (χ1) is 14.0. The lowest BCUT2D eigenvalue weighted by atomic mass is 10.1. The summed E-state index contributed by atoms with van der Waals surface area (Å²) in [5.74, 6) is -1.84. The van der Waals surface area contributed by atoms with Crippen LogP contribution in [0.1, 0.15) is 24.5 Å². The van der Waals surface area contributed by atoms with Gasteiger partial charge in [-0.05, 0) is 42.3 Å². The summed E-state index contributed by atoms with van der Waals surface area (Å²) in [6.07, 6.45) is 0.965. The van der Waals surface area contributed by atoms with Crippen LogP contribution in [0.15, 0.2) is 48.5 Å². The monoisotopic (exact) mass is 391 g/mol. The van der Waals surface area contributed by atoms with Gasteiger partial charge in [-0.1, -0.05) is 25.1 Å². The van der Waals surface area contributed by atoms with E-state index in [0.29, 0.717) is 11.3 Å². The molecule has 0 unspecified atom stereocenters. The zero-order valence-electron chi connectivity index (χ0n) is 16.1. The molecule has 1 saturated heterocycles. The second-order valence-electron chi connectivity index (χ2n) is 6.77. The lowest BCUT2D eigenvalue weighted by Gasteiger charge is -2.17. The van der Waals surface area contributed by atoms with Crippen LogP contribution in [0, 0.1) is 17.2 Å². The molecule has 148 valence electrons. The summed E-state index contributed by atoms with van der Waals surface area (Å²) in [5, 5.41) is 11.5. The quantitative estimate of drug-likeness (QED) is 0.763. The van der Waals surface area contributed by atoms with Gasteiger partial charge in [0, 0.05) is 24.3 Å². The lowest BCUT2D eigenvalue weighted by molar-refractivity contribution is -0.151. The highest BCUT2D eigenvalue weighted by Crippen LogP contribution is 2.26. The molecule has 0 spiro atoms. The predicted octanol–water partition coefficient (Wildman–Crippen LogP) is 2.66. The average molecular weight is 391 g/mol. The minimum atomic E-state index is -0.608. The molecule has 1 fully saturated rings. The van der Waals surface area contributed by atoms with Gasteiger partial charge in [0.1, 0.15) is 0 Å². The smallest absolute Gasteiger partial charge is 0.311 e. The number of esters is 1. The maximum absolute atomic E-state index is 12.3. The number of benzene rings is 2. The van der Waals surface area contributed by atoms with Gasteiger partial charge in [0.15, 0.2) is 6.61 Å². The van der Waals surface area contributed by atoms with Crippen molar-refractivity contribution >= 4 is 29.2 Å². The second-order valence-corrected chi connectivity index (χ2v) is 6.77. The van der Waals surface area contributed by atoms with Crippen LogP contribution in [0.25, 0.3) is 0 Å². The van der Waals surface area contributed by atoms with Crippen LogP contribution in [0.2, 0.25) is 0 Å². The van der Waals surface area contributed by atoms with Crippen molar-refractivity contribution in [1.82, 2.24) is 0 Å². The van der Waals surface area contributed by atoms with E-state index in [4.69, 9.17) is 10.00 Å². The Morgan fingerprint density at radius 3 is 2.69 bits per heavy atom. The van der Waals surface area contributed by atoms with E-state index < -0.39 is 24.4 Å². The first-order valence-corrected chi connectivity index (χ1v) is 9.36. The Balaban J connectivity index is 1.52. The number of carbonyl (C=O) groups is 3. The first-order valence-electron chi connectivity index (χ1n) is 9.36. The molecule has 1 aliphatic heterocycles. The Kier molecular flexibility index (Phi) is 6.25. The van der Waals surface area contributed by atoms with E-state index in [0.717, 1.165) is 12.1 Å². The van der Waals surface area contributed by atoms with Crippen LogP contribution >= 0.6 is 0 Å². The Morgan fingerprint density at radius 1 is 1.24 bits per heavy atom. The van der Waals surface area contributed by atoms with Gasteiger partial charge in [0.2, 0.25) is 5.91 Å². The van der Waals surface area contributed by atoms with Crippen molar-refractivity contribution in [2.75, 3.05) is 23.4 Å². The van der Waals surface area contributed by atoms with Gasteiger partial charge >= 0.3 is 5.97 Å². The van der Waals surface area contributed by atoms with Crippen LogP contribution in [-0.2, 0) is 25.5 Å². The van der Waals surface area contributed by atoms with E-state index in [-0.39, 0.29) is 18.9 Å². The first kappa shape index (κ1) is 20.1. The maximum Gasteiger partial charge on any atom is 0.311 e. The molecule has 7 nitrogen and oxygen atoms in total. The van der Waals surface area contributed by atoms with Crippen molar-refractivity contribution in [2.24, 2.45) is 5.92 Å². The molecule has 0 aliphatic carbocycles. The van der Waals surface area contributed by atoms with Gasteiger partial charge < -0.3 is 15.0 Å². The number of aryl methyl sites for hydroxylation is 1. The molecule has 1 N–H and O–H groups in total. The van der Waals surface area contributed by atoms with Gasteiger partial charge in [0.05, 0.1) is 17.6 Å². The molecule has 0 bridgehead atoms. The summed E-state index contributed by atoms with van der Waals surface area (Å²) < 4.78 is 5.09. The molecule has 1 aliphatic rings. The standard InChI is InChI=1S/C22H21N3O4/c1-2-15-6-8-19(9-7-15)25-13-17(11-21(25)27)22(28)29-14-20(26)24-18-5-3-4-16(10-18)12-23/h3-10,17H,2,11,13-14H2,1H3,(H,24,26)/t17-/m1/s1. The van der Waals surface area contributed by atoms with Crippen molar-refractivity contribution in [3.05, 3.63) is 59.7 Å². The number of hydrogen-bond acceptors (Lipinski definition) is 5. The summed E-state index contributed by atoms with van der Waals surface area (Å²) in [6, 6.07) is 16.1. The third-order valence-corrected chi connectivity index (χ3v) is 4.74. The molecule has 1 atom stereocenters. The summed E-state index contributed by atoms with van der Waals surface area (Å²) >= 11 is 0. The third-order valence-electron chi connectivity index (χ3n) is 4.74. The number of carbonyl (C=O) groups excluding carboxylic acids is 3. The largest absolute Gasteiger partial charge is 0.455 e. The Labute approximate surface area is 168 Å². The van der Waals surface area contributed by atoms with Crippen LogP contribution in [0.5, 0.6) is 0 Å². The van der Waals surface area contributed by atoms with Crippen LogP contribution in [0.3, 0.4) is 0 Å². The molecule has 3 rings (SSSR count). The third kappa shape index (κ3) is 4.99. The molecule has 7 heteroatoms. The predicted molar refractivity (Wildman–Crippen MR) is 107 cm³/mol. The van der Waals surface area contributed by atoms with E-state index in [1.165, 1.54) is 11.6 Å². The van der Waals surface area contributed by atoms with Gasteiger partial charge in [-0.15, -0.1) is 0 Å². The SMILES string of the molecule is CCc1ccc(N2C[C@H](C(=O)OCC(=O)Nc3cccc(C#N)c3)CC2=O)cc1. The van der Waals surface area contributed by atoms with Gasteiger partial charge in [-0.25, -0.2) is 0 Å². The zero-order valence-corrected chi connectivity index (χ0v) is 16.1. The van der Waals surface area contributed by atoms with E-state index in [9.17, 15) is 14.4 Å². The van der Waals surface area contributed by atoms with Gasteiger partial charge in [0.25, 0.3) is 5.91 Å². The normalized spacial score (nSPS) is 15.7.